The summed E-state index contributed by atoms with van der Waals surface area (Å²) in [6.07, 6.45) is 3.80. The SMILES string of the molecule is CCC1(CC(=O)O)CCCC(=O)C1. The van der Waals surface area contributed by atoms with Crippen LogP contribution in [0.1, 0.15) is 45.4 Å². The highest BCUT2D eigenvalue weighted by Gasteiger charge is 2.35. The Balaban J connectivity index is 2.67. The van der Waals surface area contributed by atoms with Crippen LogP contribution in [-0.2, 0) is 9.59 Å². The molecule has 1 unspecified atom stereocenters. The smallest absolute Gasteiger partial charge is 0.303 e. The lowest BCUT2D eigenvalue weighted by atomic mass is 9.70. The van der Waals surface area contributed by atoms with Gasteiger partial charge in [-0.25, -0.2) is 0 Å². The number of ketones is 1. The molecule has 1 rings (SSSR count). The van der Waals surface area contributed by atoms with Crippen LogP contribution < -0.4 is 0 Å². The zero-order chi connectivity index (χ0) is 9.90. The van der Waals surface area contributed by atoms with E-state index in [1.165, 1.54) is 0 Å². The van der Waals surface area contributed by atoms with Gasteiger partial charge in [-0.15, -0.1) is 0 Å². The van der Waals surface area contributed by atoms with E-state index in [1.807, 2.05) is 6.92 Å². The molecule has 0 aromatic carbocycles. The van der Waals surface area contributed by atoms with Gasteiger partial charge in [0.25, 0.3) is 0 Å². The van der Waals surface area contributed by atoms with Gasteiger partial charge in [0.15, 0.2) is 0 Å². The minimum atomic E-state index is -0.781. The first kappa shape index (κ1) is 10.2. The molecule has 0 amide bonds. The standard InChI is InChI=1S/C10H16O3/c1-2-10(7-9(12)13)5-3-4-8(11)6-10/h2-7H2,1H3,(H,12,13). The Labute approximate surface area is 78.1 Å². The summed E-state index contributed by atoms with van der Waals surface area (Å²) in [4.78, 5) is 21.9. The average Bonchev–Trinajstić information content (AvgIpc) is 2.03. The van der Waals surface area contributed by atoms with Gasteiger partial charge in [0, 0.05) is 12.8 Å². The van der Waals surface area contributed by atoms with Crippen molar-refractivity contribution in [3.05, 3.63) is 0 Å². The van der Waals surface area contributed by atoms with E-state index in [0.29, 0.717) is 12.8 Å². The van der Waals surface area contributed by atoms with Crippen LogP contribution in [0.15, 0.2) is 0 Å². The Morgan fingerprint density at radius 2 is 2.31 bits per heavy atom. The van der Waals surface area contributed by atoms with E-state index in [1.54, 1.807) is 0 Å². The van der Waals surface area contributed by atoms with E-state index >= 15 is 0 Å². The minimum Gasteiger partial charge on any atom is -0.481 e. The molecule has 0 heterocycles. The first-order valence-corrected chi connectivity index (χ1v) is 4.81. The molecule has 0 aromatic rings. The van der Waals surface area contributed by atoms with Crippen molar-refractivity contribution in [2.45, 2.75) is 45.4 Å². The van der Waals surface area contributed by atoms with Gasteiger partial charge in [-0.3, -0.25) is 9.59 Å². The van der Waals surface area contributed by atoms with Crippen LogP contribution in [0.5, 0.6) is 0 Å². The van der Waals surface area contributed by atoms with Gasteiger partial charge in [-0.05, 0) is 24.7 Å². The molecule has 0 bridgehead atoms. The predicted molar refractivity (Wildman–Crippen MR) is 48.5 cm³/mol. The zero-order valence-corrected chi connectivity index (χ0v) is 8.01. The Kier molecular flexibility index (Phi) is 3.07. The van der Waals surface area contributed by atoms with E-state index < -0.39 is 5.97 Å². The van der Waals surface area contributed by atoms with E-state index in [4.69, 9.17) is 5.11 Å². The number of carboxylic acids is 1. The molecule has 3 nitrogen and oxygen atoms in total. The van der Waals surface area contributed by atoms with Crippen LogP contribution in [0.2, 0.25) is 0 Å². The Bertz CT molecular complexity index is 218. The van der Waals surface area contributed by atoms with Crippen LogP contribution in [0.3, 0.4) is 0 Å². The summed E-state index contributed by atoms with van der Waals surface area (Å²) in [6.45, 7) is 1.97. The summed E-state index contributed by atoms with van der Waals surface area (Å²) in [7, 11) is 0. The number of aliphatic carboxylic acids is 1. The summed E-state index contributed by atoms with van der Waals surface area (Å²) in [5, 5.41) is 8.74. The number of carboxylic acid groups (broad SMARTS) is 1. The molecule has 0 saturated heterocycles. The number of Topliss-reactive ketones (excluding diaryl/α,β-unsaturated/α-hetero) is 1. The molecule has 0 aliphatic heterocycles. The van der Waals surface area contributed by atoms with Crippen molar-refractivity contribution in [3.8, 4) is 0 Å². The van der Waals surface area contributed by atoms with Crippen LogP contribution in [-0.4, -0.2) is 16.9 Å². The summed E-state index contributed by atoms with van der Waals surface area (Å²) >= 11 is 0. The van der Waals surface area contributed by atoms with Crippen LogP contribution in [0, 0.1) is 5.41 Å². The van der Waals surface area contributed by atoms with Crippen LogP contribution in [0.4, 0.5) is 0 Å². The van der Waals surface area contributed by atoms with Crippen molar-refractivity contribution in [3.63, 3.8) is 0 Å². The topological polar surface area (TPSA) is 54.4 Å². The number of hydrogen-bond acceptors (Lipinski definition) is 2. The van der Waals surface area contributed by atoms with Crippen molar-refractivity contribution < 1.29 is 14.7 Å². The molecule has 1 aliphatic carbocycles. The third-order valence-electron chi connectivity index (χ3n) is 3.01. The van der Waals surface area contributed by atoms with Crippen LogP contribution in [0.25, 0.3) is 0 Å². The van der Waals surface area contributed by atoms with Gasteiger partial charge in [0.2, 0.25) is 0 Å². The molecule has 0 spiro atoms. The highest BCUT2D eigenvalue weighted by Crippen LogP contribution is 2.40. The number of rotatable bonds is 3. The normalized spacial score (nSPS) is 28.8. The third-order valence-corrected chi connectivity index (χ3v) is 3.01. The van der Waals surface area contributed by atoms with Gasteiger partial charge >= 0.3 is 5.97 Å². The molecule has 1 N–H and O–H groups in total. The largest absolute Gasteiger partial charge is 0.481 e. The highest BCUT2D eigenvalue weighted by atomic mass is 16.4. The Hall–Kier alpha value is -0.860. The van der Waals surface area contributed by atoms with Gasteiger partial charge < -0.3 is 5.11 Å². The molecule has 1 saturated carbocycles. The van der Waals surface area contributed by atoms with E-state index in [9.17, 15) is 9.59 Å². The quantitative estimate of drug-likeness (QED) is 0.729. The average molecular weight is 184 g/mol. The minimum absolute atomic E-state index is 0.148. The summed E-state index contributed by atoms with van der Waals surface area (Å²) in [5.74, 6) is -0.550. The second-order valence-electron chi connectivity index (χ2n) is 3.99. The fourth-order valence-corrected chi connectivity index (χ4v) is 2.15. The summed E-state index contributed by atoms with van der Waals surface area (Å²) in [6, 6.07) is 0. The van der Waals surface area contributed by atoms with Crippen molar-refractivity contribution >= 4 is 11.8 Å². The number of hydrogen-bond donors (Lipinski definition) is 1. The molecular weight excluding hydrogens is 168 g/mol. The van der Waals surface area contributed by atoms with Crippen LogP contribution >= 0.6 is 0 Å². The molecule has 1 atom stereocenters. The van der Waals surface area contributed by atoms with E-state index in [0.717, 1.165) is 19.3 Å². The molecule has 1 aliphatic rings. The molecular formula is C10H16O3. The van der Waals surface area contributed by atoms with Gasteiger partial charge in [-0.1, -0.05) is 6.92 Å². The molecule has 0 aromatic heterocycles. The van der Waals surface area contributed by atoms with Crippen molar-refractivity contribution in [2.24, 2.45) is 5.41 Å². The lowest BCUT2D eigenvalue weighted by molar-refractivity contribution is -0.141. The maximum Gasteiger partial charge on any atom is 0.303 e. The second-order valence-corrected chi connectivity index (χ2v) is 3.99. The van der Waals surface area contributed by atoms with E-state index in [2.05, 4.69) is 0 Å². The van der Waals surface area contributed by atoms with Crippen molar-refractivity contribution in [2.75, 3.05) is 0 Å². The molecule has 0 radical (unpaired) electrons. The Morgan fingerprint density at radius 3 is 2.77 bits per heavy atom. The second kappa shape index (κ2) is 3.90. The monoisotopic (exact) mass is 184 g/mol. The molecule has 1 fully saturated rings. The first-order chi connectivity index (χ1) is 6.08. The molecule has 13 heavy (non-hydrogen) atoms. The maximum atomic E-state index is 11.2. The van der Waals surface area contributed by atoms with Gasteiger partial charge in [0.05, 0.1) is 6.42 Å². The van der Waals surface area contributed by atoms with Crippen molar-refractivity contribution in [1.29, 1.82) is 0 Å². The van der Waals surface area contributed by atoms with Crippen molar-refractivity contribution in [1.82, 2.24) is 0 Å². The fourth-order valence-electron chi connectivity index (χ4n) is 2.15. The van der Waals surface area contributed by atoms with E-state index in [-0.39, 0.29) is 17.6 Å². The summed E-state index contributed by atoms with van der Waals surface area (Å²) < 4.78 is 0. The first-order valence-electron chi connectivity index (χ1n) is 4.81. The third kappa shape index (κ3) is 2.54. The molecule has 3 heteroatoms. The number of carbonyl (C=O) groups is 2. The Morgan fingerprint density at radius 1 is 1.62 bits per heavy atom. The lowest BCUT2D eigenvalue weighted by Crippen LogP contribution is -2.30. The lowest BCUT2D eigenvalue weighted by Gasteiger charge is -2.34. The summed E-state index contributed by atoms with van der Waals surface area (Å²) in [5.41, 5.74) is -0.235. The van der Waals surface area contributed by atoms with Gasteiger partial charge in [-0.2, -0.15) is 0 Å². The highest BCUT2D eigenvalue weighted by molar-refractivity contribution is 5.81. The number of carbonyl (C=O) groups excluding carboxylic acids is 1. The molecule has 74 valence electrons. The fraction of sp³-hybridized carbons (Fsp3) is 0.800. The maximum absolute atomic E-state index is 11.2. The van der Waals surface area contributed by atoms with Gasteiger partial charge in [0.1, 0.15) is 5.78 Å². The zero-order valence-electron chi connectivity index (χ0n) is 8.01. The predicted octanol–water partition coefficient (Wildman–Crippen LogP) is 2.00.